The van der Waals surface area contributed by atoms with Gasteiger partial charge in [0.1, 0.15) is 28.8 Å². The molecule has 2 N–H and O–H groups in total. The summed E-state index contributed by atoms with van der Waals surface area (Å²) < 4.78 is 5.07. The van der Waals surface area contributed by atoms with Crippen LogP contribution in [0.1, 0.15) is 22.9 Å². The number of rotatable bonds is 7. The van der Waals surface area contributed by atoms with Crippen LogP contribution in [0.4, 0.5) is 5.82 Å². The Morgan fingerprint density at radius 2 is 1.97 bits per heavy atom. The van der Waals surface area contributed by atoms with Gasteiger partial charge in [0, 0.05) is 16.9 Å². The summed E-state index contributed by atoms with van der Waals surface area (Å²) in [4.78, 5) is 23.6. The number of carbonyl (C=O) groups excluding carboxylic acids is 1. The van der Waals surface area contributed by atoms with E-state index in [0.717, 1.165) is 43.8 Å². The molecule has 0 unspecified atom stereocenters. The van der Waals surface area contributed by atoms with E-state index >= 15 is 0 Å². The molecule has 0 saturated carbocycles. The zero-order valence-electron chi connectivity index (χ0n) is 18.6. The van der Waals surface area contributed by atoms with E-state index in [2.05, 4.69) is 22.2 Å². The predicted molar refractivity (Wildman–Crippen MR) is 133 cm³/mol. The maximum atomic E-state index is 12.6. The van der Waals surface area contributed by atoms with Gasteiger partial charge in [0.15, 0.2) is 0 Å². The number of aryl methyl sites for hydroxylation is 1. The van der Waals surface area contributed by atoms with Gasteiger partial charge in [-0.1, -0.05) is 54.9 Å². The van der Waals surface area contributed by atoms with Crippen molar-refractivity contribution in [2.24, 2.45) is 0 Å². The molecular weight excluding hydrogens is 458 g/mol. The van der Waals surface area contributed by atoms with Gasteiger partial charge in [0.25, 0.3) is 0 Å². The molecule has 6 nitrogen and oxygen atoms in total. The van der Waals surface area contributed by atoms with E-state index in [1.807, 2.05) is 43.3 Å². The van der Waals surface area contributed by atoms with Crippen molar-refractivity contribution in [3.63, 3.8) is 0 Å². The zero-order valence-corrected chi connectivity index (χ0v) is 20.1. The lowest BCUT2D eigenvalue weighted by atomic mass is 9.97. The summed E-state index contributed by atoms with van der Waals surface area (Å²) in [5, 5.41) is 14.5. The lowest BCUT2D eigenvalue weighted by Gasteiger charge is -2.18. The third kappa shape index (κ3) is 4.51. The van der Waals surface area contributed by atoms with Crippen LogP contribution in [0.25, 0.3) is 21.3 Å². The van der Waals surface area contributed by atoms with Crippen LogP contribution in [-0.4, -0.2) is 34.2 Å². The number of phenolic OH excluding ortho intramolecular Hbond substituents is 1. The standard InChI is InChI=1S/C25H24ClN3O3S/c1-4-19-20(16-10-11-18(30)22(26)14(16)2)21-23(27-13-28-24(21)33-19)29-17(25(31)32-3)12-15-8-6-5-7-9-15/h5-11,13,17,30H,4,12H2,1-3H3,(H,27,28,29)/t17-/m1/s1. The van der Waals surface area contributed by atoms with E-state index in [1.54, 1.807) is 17.4 Å². The van der Waals surface area contributed by atoms with E-state index in [4.69, 9.17) is 16.3 Å². The van der Waals surface area contributed by atoms with E-state index in [1.165, 1.54) is 13.4 Å². The molecule has 4 aromatic rings. The number of nitrogens with zero attached hydrogens (tertiary/aromatic N) is 2. The van der Waals surface area contributed by atoms with Gasteiger partial charge in [-0.2, -0.15) is 0 Å². The second-order valence-electron chi connectivity index (χ2n) is 7.64. The first-order valence-electron chi connectivity index (χ1n) is 10.6. The molecule has 0 radical (unpaired) electrons. The maximum absolute atomic E-state index is 12.6. The number of methoxy groups -OCH3 is 1. The van der Waals surface area contributed by atoms with Crippen LogP contribution in [-0.2, 0) is 22.4 Å². The number of phenols is 1. The van der Waals surface area contributed by atoms with Crippen molar-refractivity contribution in [1.29, 1.82) is 0 Å². The SMILES string of the molecule is CCc1sc2ncnc(N[C@H](Cc3ccccc3)C(=O)OC)c2c1-c1ccc(O)c(Cl)c1C. The molecule has 1 atom stereocenters. The smallest absolute Gasteiger partial charge is 0.328 e. The second kappa shape index (κ2) is 9.77. The number of carbonyl (C=O) groups is 1. The highest BCUT2D eigenvalue weighted by Gasteiger charge is 2.25. The maximum Gasteiger partial charge on any atom is 0.328 e. The van der Waals surface area contributed by atoms with Crippen LogP contribution in [0.3, 0.4) is 0 Å². The Morgan fingerprint density at radius 1 is 1.21 bits per heavy atom. The van der Waals surface area contributed by atoms with Crippen molar-refractivity contribution in [1.82, 2.24) is 9.97 Å². The average Bonchev–Trinajstić information content (AvgIpc) is 3.22. The lowest BCUT2D eigenvalue weighted by molar-refractivity contribution is -0.141. The van der Waals surface area contributed by atoms with E-state index < -0.39 is 6.04 Å². The minimum absolute atomic E-state index is 0.0405. The molecule has 2 heterocycles. The Balaban J connectivity index is 1.85. The van der Waals surface area contributed by atoms with Gasteiger partial charge >= 0.3 is 5.97 Å². The molecule has 0 bridgehead atoms. The topological polar surface area (TPSA) is 84.3 Å². The van der Waals surface area contributed by atoms with E-state index in [-0.39, 0.29) is 11.7 Å². The third-order valence-electron chi connectivity index (χ3n) is 5.60. The number of aromatic nitrogens is 2. The molecule has 0 fully saturated rings. The first kappa shape index (κ1) is 23.0. The third-order valence-corrected chi connectivity index (χ3v) is 7.32. The number of nitrogens with one attached hydrogen (secondary N) is 1. The fourth-order valence-corrected chi connectivity index (χ4v) is 5.17. The van der Waals surface area contributed by atoms with Crippen LogP contribution in [0.2, 0.25) is 5.02 Å². The number of ether oxygens (including phenoxy) is 1. The highest BCUT2D eigenvalue weighted by Crippen LogP contribution is 2.44. The summed E-state index contributed by atoms with van der Waals surface area (Å²) >= 11 is 7.95. The first-order chi connectivity index (χ1) is 15.9. The number of thiophene rings is 1. The van der Waals surface area contributed by atoms with Crippen molar-refractivity contribution in [3.8, 4) is 16.9 Å². The molecule has 0 aliphatic carbocycles. The van der Waals surface area contributed by atoms with Gasteiger partial charge in [-0.3, -0.25) is 0 Å². The number of esters is 1. The van der Waals surface area contributed by atoms with Crippen molar-refractivity contribution < 1.29 is 14.6 Å². The molecule has 33 heavy (non-hydrogen) atoms. The summed E-state index contributed by atoms with van der Waals surface area (Å²) in [6.45, 7) is 3.96. The molecule has 0 saturated heterocycles. The number of fused-ring (bicyclic) bond motifs is 1. The van der Waals surface area contributed by atoms with Crippen molar-refractivity contribution in [3.05, 3.63) is 69.8 Å². The van der Waals surface area contributed by atoms with Crippen molar-refractivity contribution in [2.75, 3.05) is 12.4 Å². The van der Waals surface area contributed by atoms with Crippen molar-refractivity contribution in [2.45, 2.75) is 32.7 Å². The molecule has 170 valence electrons. The largest absolute Gasteiger partial charge is 0.506 e. The lowest BCUT2D eigenvalue weighted by Crippen LogP contribution is -2.33. The summed E-state index contributed by atoms with van der Waals surface area (Å²) in [5.74, 6) is 0.224. The Bertz CT molecular complexity index is 1310. The van der Waals surface area contributed by atoms with Gasteiger partial charge < -0.3 is 15.2 Å². The van der Waals surface area contributed by atoms with Crippen LogP contribution in [0, 0.1) is 6.92 Å². The Morgan fingerprint density at radius 3 is 2.67 bits per heavy atom. The van der Waals surface area contributed by atoms with Crippen LogP contribution in [0.5, 0.6) is 5.75 Å². The molecule has 2 aromatic heterocycles. The molecule has 8 heteroatoms. The van der Waals surface area contributed by atoms with E-state index in [0.29, 0.717) is 17.3 Å². The van der Waals surface area contributed by atoms with E-state index in [9.17, 15) is 9.90 Å². The number of hydrogen-bond acceptors (Lipinski definition) is 7. The normalized spacial score (nSPS) is 12.0. The molecule has 0 spiro atoms. The zero-order chi connectivity index (χ0) is 23.5. The fraction of sp³-hybridized carbons (Fsp3) is 0.240. The van der Waals surface area contributed by atoms with Gasteiger partial charge in [-0.25, -0.2) is 14.8 Å². The number of anilines is 1. The molecular formula is C25H24ClN3O3S. The quantitative estimate of drug-likeness (QED) is 0.325. The summed E-state index contributed by atoms with van der Waals surface area (Å²) in [7, 11) is 1.38. The second-order valence-corrected chi connectivity index (χ2v) is 9.10. The summed E-state index contributed by atoms with van der Waals surface area (Å²) in [5.41, 5.74) is 3.64. The molecule has 2 aromatic carbocycles. The van der Waals surface area contributed by atoms with Crippen LogP contribution < -0.4 is 5.32 Å². The van der Waals surface area contributed by atoms with Gasteiger partial charge in [0.2, 0.25) is 0 Å². The van der Waals surface area contributed by atoms with Gasteiger partial charge in [0.05, 0.1) is 17.5 Å². The summed E-state index contributed by atoms with van der Waals surface area (Å²) in [6, 6.07) is 12.6. The van der Waals surface area contributed by atoms with Crippen LogP contribution >= 0.6 is 22.9 Å². The average molecular weight is 482 g/mol. The Kier molecular flexibility index (Phi) is 6.81. The molecule has 0 aliphatic heterocycles. The Labute approximate surface area is 201 Å². The summed E-state index contributed by atoms with van der Waals surface area (Å²) in [6.07, 6.45) is 2.74. The number of aromatic hydroxyl groups is 1. The Hall–Kier alpha value is -3.16. The monoisotopic (exact) mass is 481 g/mol. The molecule has 0 amide bonds. The van der Waals surface area contributed by atoms with Gasteiger partial charge in [-0.15, -0.1) is 11.3 Å². The number of halogens is 1. The van der Waals surface area contributed by atoms with Gasteiger partial charge in [-0.05, 0) is 36.1 Å². The first-order valence-corrected chi connectivity index (χ1v) is 11.8. The molecule has 4 rings (SSSR count). The van der Waals surface area contributed by atoms with Crippen molar-refractivity contribution >= 4 is 44.9 Å². The minimum atomic E-state index is -0.627. The number of hydrogen-bond donors (Lipinski definition) is 2. The highest BCUT2D eigenvalue weighted by molar-refractivity contribution is 7.19. The fourth-order valence-electron chi connectivity index (χ4n) is 3.91. The predicted octanol–water partition coefficient (Wildman–Crippen LogP) is 5.78. The highest BCUT2D eigenvalue weighted by atomic mass is 35.5. The molecule has 0 aliphatic rings. The minimum Gasteiger partial charge on any atom is -0.506 e. The van der Waals surface area contributed by atoms with Crippen LogP contribution in [0.15, 0.2) is 48.8 Å². The number of benzene rings is 2.